The molecule has 0 aromatic carbocycles. The van der Waals surface area contributed by atoms with Gasteiger partial charge in [0, 0.05) is 7.11 Å². The smallest absolute Gasteiger partial charge is 0.195 e. The average Bonchev–Trinajstić information content (AvgIpc) is 2.84. The van der Waals surface area contributed by atoms with E-state index < -0.39 is 0 Å². The third kappa shape index (κ3) is 1.97. The van der Waals surface area contributed by atoms with Gasteiger partial charge in [-0.2, -0.15) is 5.10 Å². The van der Waals surface area contributed by atoms with E-state index in [9.17, 15) is 0 Å². The first kappa shape index (κ1) is 10.1. The van der Waals surface area contributed by atoms with Gasteiger partial charge in [0.1, 0.15) is 12.0 Å². The third-order valence-corrected chi connectivity index (χ3v) is 2.25. The van der Waals surface area contributed by atoms with Gasteiger partial charge in [0.05, 0.1) is 13.2 Å². The largest absolute Gasteiger partial charge is 0.451 e. The molecule has 0 atom stereocenters. The van der Waals surface area contributed by atoms with Crippen LogP contribution in [-0.2, 0) is 11.3 Å². The Morgan fingerprint density at radius 3 is 3.20 bits per heavy atom. The SMILES string of the molecule is COCCn1c(-c2cocn2)n[nH]c1=S. The monoisotopic (exact) mass is 226 g/mol. The second kappa shape index (κ2) is 4.37. The molecular formula is C8H10N4O2S. The number of H-pyrrole nitrogens is 1. The number of aromatic amines is 1. The van der Waals surface area contributed by atoms with Gasteiger partial charge in [0.15, 0.2) is 17.0 Å². The Hall–Kier alpha value is -1.47. The molecule has 0 amide bonds. The standard InChI is InChI=1S/C8H10N4O2S/c1-13-3-2-12-7(10-11-8(12)15)6-4-14-5-9-6/h4-5H,2-3H2,1H3,(H,11,15). The minimum Gasteiger partial charge on any atom is -0.451 e. The van der Waals surface area contributed by atoms with E-state index in [0.717, 1.165) is 0 Å². The van der Waals surface area contributed by atoms with Gasteiger partial charge in [-0.15, -0.1) is 0 Å². The number of methoxy groups -OCH3 is 1. The Morgan fingerprint density at radius 1 is 1.67 bits per heavy atom. The molecule has 0 bridgehead atoms. The van der Waals surface area contributed by atoms with Crippen molar-refractivity contribution in [1.29, 1.82) is 0 Å². The summed E-state index contributed by atoms with van der Waals surface area (Å²) in [4.78, 5) is 4.01. The summed E-state index contributed by atoms with van der Waals surface area (Å²) in [5, 5.41) is 6.79. The van der Waals surface area contributed by atoms with E-state index >= 15 is 0 Å². The zero-order chi connectivity index (χ0) is 10.7. The van der Waals surface area contributed by atoms with Crippen molar-refractivity contribution in [2.45, 2.75) is 6.54 Å². The fourth-order valence-corrected chi connectivity index (χ4v) is 1.45. The maximum absolute atomic E-state index is 5.09. The van der Waals surface area contributed by atoms with Crippen molar-refractivity contribution in [1.82, 2.24) is 19.7 Å². The number of hydrogen-bond donors (Lipinski definition) is 1. The van der Waals surface area contributed by atoms with Crippen LogP contribution in [0, 0.1) is 4.77 Å². The Bertz CT molecular complexity index is 473. The molecule has 0 aliphatic heterocycles. The first-order valence-corrected chi connectivity index (χ1v) is 4.76. The molecule has 0 saturated heterocycles. The van der Waals surface area contributed by atoms with Crippen molar-refractivity contribution >= 4 is 12.2 Å². The van der Waals surface area contributed by atoms with E-state index in [1.54, 1.807) is 7.11 Å². The number of oxazole rings is 1. The molecule has 80 valence electrons. The lowest BCUT2D eigenvalue weighted by Gasteiger charge is -2.02. The number of rotatable bonds is 4. The predicted molar refractivity (Wildman–Crippen MR) is 54.8 cm³/mol. The van der Waals surface area contributed by atoms with Crippen molar-refractivity contribution in [3.63, 3.8) is 0 Å². The lowest BCUT2D eigenvalue weighted by Crippen LogP contribution is -2.06. The predicted octanol–water partition coefficient (Wildman–Crippen LogP) is 1.24. The summed E-state index contributed by atoms with van der Waals surface area (Å²) < 4.78 is 12.2. The van der Waals surface area contributed by atoms with Crippen LogP contribution in [0.25, 0.3) is 11.5 Å². The zero-order valence-electron chi connectivity index (χ0n) is 8.14. The van der Waals surface area contributed by atoms with Gasteiger partial charge in [-0.05, 0) is 12.2 Å². The minimum atomic E-state index is 0.546. The fraction of sp³-hybridized carbons (Fsp3) is 0.375. The van der Waals surface area contributed by atoms with Crippen molar-refractivity contribution in [3.8, 4) is 11.5 Å². The second-order valence-corrected chi connectivity index (χ2v) is 3.26. The number of nitrogens with one attached hydrogen (secondary N) is 1. The summed E-state index contributed by atoms with van der Waals surface area (Å²) in [5.74, 6) is 0.658. The van der Waals surface area contributed by atoms with Crippen LogP contribution in [0.5, 0.6) is 0 Å². The number of hydrogen-bond acceptors (Lipinski definition) is 5. The van der Waals surface area contributed by atoms with E-state index in [1.165, 1.54) is 12.7 Å². The summed E-state index contributed by atoms with van der Waals surface area (Å²) in [5.41, 5.74) is 0.651. The molecule has 6 nitrogen and oxygen atoms in total. The molecule has 2 aromatic rings. The van der Waals surface area contributed by atoms with Crippen LogP contribution in [0.15, 0.2) is 17.1 Å². The highest BCUT2D eigenvalue weighted by Gasteiger charge is 2.10. The van der Waals surface area contributed by atoms with E-state index in [1.807, 2.05) is 4.57 Å². The van der Waals surface area contributed by atoms with Gasteiger partial charge >= 0.3 is 0 Å². The summed E-state index contributed by atoms with van der Waals surface area (Å²) >= 11 is 5.09. The van der Waals surface area contributed by atoms with Gasteiger partial charge in [-0.3, -0.25) is 9.67 Å². The number of nitrogens with zero attached hydrogens (tertiary/aromatic N) is 3. The average molecular weight is 226 g/mol. The van der Waals surface area contributed by atoms with Gasteiger partial charge < -0.3 is 9.15 Å². The number of aromatic nitrogens is 4. The molecule has 15 heavy (non-hydrogen) atoms. The van der Waals surface area contributed by atoms with E-state index in [-0.39, 0.29) is 0 Å². The van der Waals surface area contributed by atoms with Crippen LogP contribution in [0.4, 0.5) is 0 Å². The van der Waals surface area contributed by atoms with Crippen LogP contribution >= 0.6 is 12.2 Å². The van der Waals surface area contributed by atoms with Crippen molar-refractivity contribution in [2.75, 3.05) is 13.7 Å². The molecule has 0 spiro atoms. The topological polar surface area (TPSA) is 68.9 Å². The zero-order valence-corrected chi connectivity index (χ0v) is 8.95. The van der Waals surface area contributed by atoms with Crippen molar-refractivity contribution in [2.24, 2.45) is 0 Å². The van der Waals surface area contributed by atoms with E-state index in [4.69, 9.17) is 21.4 Å². The van der Waals surface area contributed by atoms with Gasteiger partial charge in [-0.1, -0.05) is 0 Å². The second-order valence-electron chi connectivity index (χ2n) is 2.87. The van der Waals surface area contributed by atoms with Crippen LogP contribution < -0.4 is 0 Å². The molecule has 0 aliphatic rings. The van der Waals surface area contributed by atoms with Gasteiger partial charge in [0.2, 0.25) is 0 Å². The Kier molecular flexibility index (Phi) is 2.93. The quantitative estimate of drug-likeness (QED) is 0.794. The Labute approximate surface area is 90.9 Å². The lowest BCUT2D eigenvalue weighted by molar-refractivity contribution is 0.187. The highest BCUT2D eigenvalue weighted by Crippen LogP contribution is 2.13. The fourth-order valence-electron chi connectivity index (χ4n) is 1.23. The molecule has 2 aromatic heterocycles. The summed E-state index contributed by atoms with van der Waals surface area (Å²) in [6.45, 7) is 1.20. The summed E-state index contributed by atoms with van der Waals surface area (Å²) in [7, 11) is 1.64. The summed E-state index contributed by atoms with van der Waals surface area (Å²) in [6.07, 6.45) is 2.88. The van der Waals surface area contributed by atoms with Gasteiger partial charge in [0.25, 0.3) is 0 Å². The van der Waals surface area contributed by atoms with E-state index in [0.29, 0.717) is 29.4 Å². The highest BCUT2D eigenvalue weighted by atomic mass is 32.1. The maximum atomic E-state index is 5.09. The molecule has 0 unspecified atom stereocenters. The molecular weight excluding hydrogens is 216 g/mol. The Balaban J connectivity index is 2.36. The first-order valence-electron chi connectivity index (χ1n) is 4.35. The molecule has 0 saturated carbocycles. The van der Waals surface area contributed by atoms with Crippen LogP contribution in [0.1, 0.15) is 0 Å². The summed E-state index contributed by atoms with van der Waals surface area (Å²) in [6, 6.07) is 0. The third-order valence-electron chi connectivity index (χ3n) is 1.94. The van der Waals surface area contributed by atoms with Gasteiger partial charge in [-0.25, -0.2) is 4.98 Å². The molecule has 0 fully saturated rings. The Morgan fingerprint density at radius 2 is 2.53 bits per heavy atom. The molecule has 2 rings (SSSR count). The van der Waals surface area contributed by atoms with Crippen LogP contribution in [0.2, 0.25) is 0 Å². The molecule has 2 heterocycles. The van der Waals surface area contributed by atoms with Crippen LogP contribution in [0.3, 0.4) is 0 Å². The normalized spacial score (nSPS) is 10.7. The highest BCUT2D eigenvalue weighted by molar-refractivity contribution is 7.71. The molecule has 1 N–H and O–H groups in total. The van der Waals surface area contributed by atoms with E-state index in [2.05, 4.69) is 15.2 Å². The minimum absolute atomic E-state index is 0.546. The molecule has 7 heteroatoms. The first-order chi connectivity index (χ1) is 7.33. The lowest BCUT2D eigenvalue weighted by atomic mass is 10.4. The molecule has 0 aliphatic carbocycles. The van der Waals surface area contributed by atoms with Crippen molar-refractivity contribution in [3.05, 3.63) is 17.4 Å². The number of ether oxygens (including phenoxy) is 1. The van der Waals surface area contributed by atoms with Crippen molar-refractivity contribution < 1.29 is 9.15 Å². The van der Waals surface area contributed by atoms with Crippen LogP contribution in [-0.4, -0.2) is 33.5 Å². The molecule has 0 radical (unpaired) electrons. The maximum Gasteiger partial charge on any atom is 0.195 e.